The second-order valence-corrected chi connectivity index (χ2v) is 5.84. The molecule has 0 radical (unpaired) electrons. The van der Waals surface area contributed by atoms with E-state index in [1.807, 2.05) is 30.2 Å². The van der Waals surface area contributed by atoms with E-state index in [0.29, 0.717) is 12.1 Å². The highest BCUT2D eigenvalue weighted by Crippen LogP contribution is 2.30. The fraction of sp³-hybridized carbons (Fsp3) is 0.467. The van der Waals surface area contributed by atoms with Crippen molar-refractivity contribution in [3.8, 4) is 0 Å². The summed E-state index contributed by atoms with van der Waals surface area (Å²) in [5.74, 6) is 0.652. The molecule has 1 atom stereocenters. The number of hydrogen-bond donors (Lipinski definition) is 0. The molecular formula is C15H19NO3S. The van der Waals surface area contributed by atoms with Crippen molar-refractivity contribution < 1.29 is 14.3 Å². The Balaban J connectivity index is 2.21. The van der Waals surface area contributed by atoms with E-state index in [2.05, 4.69) is 0 Å². The third-order valence-corrected chi connectivity index (χ3v) is 4.33. The van der Waals surface area contributed by atoms with Crippen LogP contribution in [0.2, 0.25) is 0 Å². The summed E-state index contributed by atoms with van der Waals surface area (Å²) in [7, 11) is 1.37. The van der Waals surface area contributed by atoms with Crippen molar-refractivity contribution >= 4 is 29.3 Å². The van der Waals surface area contributed by atoms with Gasteiger partial charge in [0.1, 0.15) is 0 Å². The Hall–Kier alpha value is -1.49. The summed E-state index contributed by atoms with van der Waals surface area (Å²) in [6.07, 6.45) is 2.79. The van der Waals surface area contributed by atoms with Crippen molar-refractivity contribution in [2.75, 3.05) is 30.6 Å². The summed E-state index contributed by atoms with van der Waals surface area (Å²) >= 11 is 1.68. The second-order valence-electron chi connectivity index (χ2n) is 4.93. The average molecular weight is 293 g/mol. The van der Waals surface area contributed by atoms with Crippen molar-refractivity contribution in [3.05, 3.63) is 29.3 Å². The van der Waals surface area contributed by atoms with Crippen LogP contribution in [-0.4, -0.2) is 37.5 Å². The maximum Gasteiger partial charge on any atom is 0.337 e. The normalized spacial score (nSPS) is 14.8. The molecule has 5 heteroatoms. The van der Waals surface area contributed by atoms with Gasteiger partial charge in [0.15, 0.2) is 0 Å². The molecule has 1 aromatic rings. The van der Waals surface area contributed by atoms with Crippen LogP contribution in [0.25, 0.3) is 0 Å². The van der Waals surface area contributed by atoms with Crippen molar-refractivity contribution in [3.63, 3.8) is 0 Å². The highest BCUT2D eigenvalue weighted by molar-refractivity contribution is 7.98. The zero-order valence-corrected chi connectivity index (χ0v) is 12.8. The number of ether oxygens (including phenoxy) is 1. The molecular weight excluding hydrogens is 274 g/mol. The van der Waals surface area contributed by atoms with Gasteiger partial charge in [-0.1, -0.05) is 6.92 Å². The third kappa shape index (κ3) is 2.82. The first-order valence-corrected chi connectivity index (χ1v) is 7.99. The Labute approximate surface area is 123 Å². The first-order valence-electron chi connectivity index (χ1n) is 6.60. The van der Waals surface area contributed by atoms with Crippen LogP contribution in [0.15, 0.2) is 18.2 Å². The number of esters is 1. The minimum absolute atomic E-state index is 0.0104. The number of hydrogen-bond acceptors (Lipinski definition) is 4. The van der Waals surface area contributed by atoms with Gasteiger partial charge >= 0.3 is 5.97 Å². The average Bonchev–Trinajstić information content (AvgIpc) is 2.88. The highest BCUT2D eigenvalue weighted by atomic mass is 32.2. The van der Waals surface area contributed by atoms with Crippen LogP contribution >= 0.6 is 11.8 Å². The molecule has 0 saturated heterocycles. The van der Waals surface area contributed by atoms with E-state index in [1.165, 1.54) is 7.11 Å². The molecule has 1 aromatic carbocycles. The van der Waals surface area contributed by atoms with Crippen molar-refractivity contribution in [1.29, 1.82) is 0 Å². The quantitative estimate of drug-likeness (QED) is 0.800. The van der Waals surface area contributed by atoms with E-state index in [9.17, 15) is 9.59 Å². The van der Waals surface area contributed by atoms with Gasteiger partial charge in [0, 0.05) is 23.9 Å². The maximum atomic E-state index is 12.4. The zero-order chi connectivity index (χ0) is 14.7. The molecule has 0 spiro atoms. The molecule has 1 aliphatic heterocycles. The summed E-state index contributed by atoms with van der Waals surface area (Å²) in [6.45, 7) is 2.65. The molecule has 20 heavy (non-hydrogen) atoms. The molecule has 0 aliphatic carbocycles. The lowest BCUT2D eigenvalue weighted by molar-refractivity contribution is -0.121. The molecule has 0 saturated carbocycles. The fourth-order valence-corrected chi connectivity index (χ4v) is 3.11. The van der Waals surface area contributed by atoms with E-state index in [4.69, 9.17) is 4.74 Å². The molecule has 4 nitrogen and oxygen atoms in total. The minimum Gasteiger partial charge on any atom is -0.465 e. The van der Waals surface area contributed by atoms with Gasteiger partial charge in [-0.15, -0.1) is 0 Å². The van der Waals surface area contributed by atoms with Crippen LogP contribution in [0, 0.1) is 5.92 Å². The molecule has 1 unspecified atom stereocenters. The predicted molar refractivity (Wildman–Crippen MR) is 81.4 cm³/mol. The van der Waals surface area contributed by atoms with Gasteiger partial charge < -0.3 is 9.64 Å². The Morgan fingerprint density at radius 2 is 2.20 bits per heavy atom. The molecule has 0 aromatic heterocycles. The molecule has 0 N–H and O–H groups in total. The summed E-state index contributed by atoms with van der Waals surface area (Å²) in [5.41, 5.74) is 2.51. The molecule has 0 fully saturated rings. The number of rotatable bonds is 4. The maximum absolute atomic E-state index is 12.4. The highest BCUT2D eigenvalue weighted by Gasteiger charge is 2.28. The predicted octanol–water partition coefficient (Wildman–Crippen LogP) is 2.36. The van der Waals surface area contributed by atoms with Gasteiger partial charge in [-0.2, -0.15) is 11.8 Å². The number of benzene rings is 1. The number of carbonyl (C=O) groups excluding carboxylic acids is 2. The van der Waals surface area contributed by atoms with E-state index >= 15 is 0 Å². The summed E-state index contributed by atoms with van der Waals surface area (Å²) in [4.78, 5) is 25.7. The summed E-state index contributed by atoms with van der Waals surface area (Å²) in [6, 6.07) is 5.39. The number of fused-ring (bicyclic) bond motifs is 1. The minimum atomic E-state index is -0.340. The van der Waals surface area contributed by atoms with Gasteiger partial charge in [-0.25, -0.2) is 4.79 Å². The van der Waals surface area contributed by atoms with Crippen LogP contribution in [-0.2, 0) is 16.0 Å². The van der Waals surface area contributed by atoms with Crippen LogP contribution in [0.4, 0.5) is 5.69 Å². The van der Waals surface area contributed by atoms with Crippen LogP contribution in [0.5, 0.6) is 0 Å². The van der Waals surface area contributed by atoms with E-state index < -0.39 is 0 Å². The zero-order valence-electron chi connectivity index (χ0n) is 12.0. The van der Waals surface area contributed by atoms with Gasteiger partial charge in [0.2, 0.25) is 5.91 Å². The topological polar surface area (TPSA) is 46.6 Å². The van der Waals surface area contributed by atoms with Crippen LogP contribution in [0.1, 0.15) is 22.8 Å². The summed E-state index contributed by atoms with van der Waals surface area (Å²) < 4.78 is 4.72. The Morgan fingerprint density at radius 1 is 1.45 bits per heavy atom. The van der Waals surface area contributed by atoms with E-state index in [-0.39, 0.29) is 17.8 Å². The van der Waals surface area contributed by atoms with Gasteiger partial charge in [-0.05, 0) is 36.4 Å². The number of methoxy groups -OCH3 is 1. The largest absolute Gasteiger partial charge is 0.465 e. The molecule has 2 rings (SSSR count). The molecule has 108 valence electrons. The Morgan fingerprint density at radius 3 is 2.85 bits per heavy atom. The van der Waals surface area contributed by atoms with Crippen molar-refractivity contribution in [2.24, 2.45) is 5.92 Å². The van der Waals surface area contributed by atoms with Gasteiger partial charge in [0.25, 0.3) is 0 Å². The van der Waals surface area contributed by atoms with Gasteiger partial charge in [0.05, 0.1) is 12.7 Å². The molecule has 1 amide bonds. The first kappa shape index (κ1) is 14.9. The van der Waals surface area contributed by atoms with Crippen LogP contribution < -0.4 is 4.90 Å². The molecule has 1 aliphatic rings. The lowest BCUT2D eigenvalue weighted by Crippen LogP contribution is -2.34. The van der Waals surface area contributed by atoms with Crippen molar-refractivity contribution in [1.82, 2.24) is 0 Å². The molecule has 1 heterocycles. The van der Waals surface area contributed by atoms with Crippen molar-refractivity contribution in [2.45, 2.75) is 13.3 Å². The lowest BCUT2D eigenvalue weighted by atomic mass is 10.1. The summed E-state index contributed by atoms with van der Waals surface area (Å²) in [5, 5.41) is 0. The SMILES string of the molecule is COC(=O)c1ccc2c(c1)CCN2C(=O)C(C)CSC. The monoisotopic (exact) mass is 293 g/mol. The van der Waals surface area contributed by atoms with E-state index in [1.54, 1.807) is 17.8 Å². The second kappa shape index (κ2) is 6.31. The number of anilines is 1. The van der Waals surface area contributed by atoms with Crippen LogP contribution in [0.3, 0.4) is 0 Å². The Bertz CT molecular complexity index is 530. The number of thioether (sulfide) groups is 1. The number of amides is 1. The fourth-order valence-electron chi connectivity index (χ4n) is 2.46. The number of nitrogens with zero attached hydrogens (tertiary/aromatic N) is 1. The van der Waals surface area contributed by atoms with E-state index in [0.717, 1.165) is 23.4 Å². The first-order chi connectivity index (χ1) is 9.58. The third-order valence-electron chi connectivity index (χ3n) is 3.50. The Kier molecular flexibility index (Phi) is 4.70. The smallest absolute Gasteiger partial charge is 0.337 e. The number of carbonyl (C=O) groups is 2. The molecule has 0 bridgehead atoms. The standard InChI is InChI=1S/C15H19NO3S/c1-10(9-20-3)14(17)16-7-6-11-8-12(15(18)19-2)4-5-13(11)16/h4-5,8,10H,6-7,9H2,1-3H3. The van der Waals surface area contributed by atoms with Gasteiger partial charge in [-0.3, -0.25) is 4.79 Å². The lowest BCUT2D eigenvalue weighted by Gasteiger charge is -2.21.